The van der Waals surface area contributed by atoms with E-state index >= 15 is 0 Å². The predicted octanol–water partition coefficient (Wildman–Crippen LogP) is 2.38. The molecular formula is C15H22N2O3. The quantitative estimate of drug-likeness (QED) is 0.773. The van der Waals surface area contributed by atoms with Gasteiger partial charge in [0.1, 0.15) is 0 Å². The Morgan fingerprint density at radius 2 is 1.65 bits per heavy atom. The molecule has 0 bridgehead atoms. The molecule has 1 aromatic carbocycles. The molecule has 5 heteroatoms. The van der Waals surface area contributed by atoms with Crippen LogP contribution in [0.25, 0.3) is 0 Å². The SMILES string of the molecule is CC(C)(NC(=O)NCc1ccccc1)C(C)(C)C(=O)O. The van der Waals surface area contributed by atoms with Gasteiger partial charge in [0.2, 0.25) is 0 Å². The molecule has 1 aromatic rings. The second-order valence-electron chi connectivity index (χ2n) is 5.85. The van der Waals surface area contributed by atoms with E-state index in [9.17, 15) is 14.7 Å². The maximum Gasteiger partial charge on any atom is 0.315 e. The van der Waals surface area contributed by atoms with Crippen molar-refractivity contribution in [3.63, 3.8) is 0 Å². The molecule has 0 saturated carbocycles. The van der Waals surface area contributed by atoms with E-state index in [1.54, 1.807) is 27.7 Å². The third kappa shape index (κ3) is 3.73. The third-order valence-electron chi connectivity index (χ3n) is 3.82. The molecule has 1 rings (SSSR count). The van der Waals surface area contributed by atoms with Gasteiger partial charge in [0.25, 0.3) is 0 Å². The Bertz CT molecular complexity index is 481. The molecule has 0 aliphatic carbocycles. The summed E-state index contributed by atoms with van der Waals surface area (Å²) < 4.78 is 0. The first kappa shape index (κ1) is 16.0. The lowest BCUT2D eigenvalue weighted by Gasteiger charge is -2.38. The molecule has 0 aliphatic heterocycles. The molecule has 2 amide bonds. The minimum absolute atomic E-state index is 0.381. The summed E-state index contributed by atoms with van der Waals surface area (Å²) in [7, 11) is 0. The summed E-state index contributed by atoms with van der Waals surface area (Å²) in [6.45, 7) is 6.97. The summed E-state index contributed by atoms with van der Waals surface area (Å²) in [6.07, 6.45) is 0. The van der Waals surface area contributed by atoms with Gasteiger partial charge in [-0.1, -0.05) is 30.3 Å². The first-order valence-corrected chi connectivity index (χ1v) is 6.50. The van der Waals surface area contributed by atoms with Crippen molar-refractivity contribution in [2.24, 2.45) is 5.41 Å². The Morgan fingerprint density at radius 3 is 2.15 bits per heavy atom. The second kappa shape index (κ2) is 5.94. The number of carbonyl (C=O) groups is 2. The van der Waals surface area contributed by atoms with Crippen LogP contribution in [-0.2, 0) is 11.3 Å². The number of carbonyl (C=O) groups excluding carboxylic acids is 1. The second-order valence-corrected chi connectivity index (χ2v) is 5.85. The van der Waals surface area contributed by atoms with Crippen molar-refractivity contribution < 1.29 is 14.7 Å². The minimum Gasteiger partial charge on any atom is -0.481 e. The molecule has 110 valence electrons. The van der Waals surface area contributed by atoms with Gasteiger partial charge in [-0.3, -0.25) is 4.79 Å². The van der Waals surface area contributed by atoms with Gasteiger partial charge in [-0.15, -0.1) is 0 Å². The zero-order chi connectivity index (χ0) is 15.4. The molecule has 0 saturated heterocycles. The van der Waals surface area contributed by atoms with E-state index in [1.165, 1.54) is 0 Å². The largest absolute Gasteiger partial charge is 0.481 e. The van der Waals surface area contributed by atoms with Crippen LogP contribution in [0.4, 0.5) is 4.79 Å². The number of hydrogen-bond donors (Lipinski definition) is 3. The molecule has 0 aromatic heterocycles. The van der Waals surface area contributed by atoms with E-state index in [-0.39, 0.29) is 6.03 Å². The standard InChI is InChI=1S/C15H22N2O3/c1-14(2,12(18)19)15(3,4)17-13(20)16-10-11-8-6-5-7-9-11/h5-9H,10H2,1-4H3,(H,18,19)(H2,16,17,20). The molecule has 0 unspecified atom stereocenters. The lowest BCUT2D eigenvalue weighted by molar-refractivity contribution is -0.150. The van der Waals surface area contributed by atoms with Gasteiger partial charge in [0.15, 0.2) is 0 Å². The summed E-state index contributed by atoms with van der Waals surface area (Å²) in [5, 5.41) is 14.7. The molecule has 0 spiro atoms. The topological polar surface area (TPSA) is 78.4 Å². The van der Waals surface area contributed by atoms with Crippen molar-refractivity contribution >= 4 is 12.0 Å². The lowest BCUT2D eigenvalue weighted by atomic mass is 9.74. The molecule has 5 nitrogen and oxygen atoms in total. The molecule has 0 radical (unpaired) electrons. The Labute approximate surface area is 119 Å². The lowest BCUT2D eigenvalue weighted by Crippen LogP contribution is -2.58. The number of urea groups is 1. The number of aliphatic carboxylic acids is 1. The Kier molecular flexibility index (Phi) is 4.76. The minimum atomic E-state index is -1.07. The molecule has 0 heterocycles. The van der Waals surface area contributed by atoms with Crippen LogP contribution in [0.3, 0.4) is 0 Å². The fraction of sp³-hybridized carbons (Fsp3) is 0.467. The summed E-state index contributed by atoms with van der Waals surface area (Å²) in [5.41, 5.74) is -0.964. The average molecular weight is 278 g/mol. The summed E-state index contributed by atoms with van der Waals surface area (Å²) in [6, 6.07) is 9.13. The van der Waals surface area contributed by atoms with E-state index in [0.29, 0.717) is 6.54 Å². The van der Waals surface area contributed by atoms with Crippen molar-refractivity contribution in [2.45, 2.75) is 39.8 Å². The number of carboxylic acid groups (broad SMARTS) is 1. The summed E-state index contributed by atoms with van der Waals surface area (Å²) >= 11 is 0. The zero-order valence-corrected chi connectivity index (χ0v) is 12.4. The maximum absolute atomic E-state index is 11.9. The highest BCUT2D eigenvalue weighted by molar-refractivity contribution is 5.79. The smallest absolute Gasteiger partial charge is 0.315 e. The summed E-state index contributed by atoms with van der Waals surface area (Å²) in [4.78, 5) is 23.1. The van der Waals surface area contributed by atoms with Crippen molar-refractivity contribution in [1.29, 1.82) is 0 Å². The fourth-order valence-electron chi connectivity index (χ4n) is 1.53. The normalized spacial score (nSPS) is 11.8. The monoisotopic (exact) mass is 278 g/mol. The number of nitrogens with one attached hydrogen (secondary N) is 2. The van der Waals surface area contributed by atoms with Crippen molar-refractivity contribution in [3.05, 3.63) is 35.9 Å². The number of rotatable bonds is 5. The highest BCUT2D eigenvalue weighted by atomic mass is 16.4. The predicted molar refractivity (Wildman–Crippen MR) is 77.3 cm³/mol. The van der Waals surface area contributed by atoms with Crippen LogP contribution < -0.4 is 10.6 Å². The van der Waals surface area contributed by atoms with E-state index in [2.05, 4.69) is 10.6 Å². The highest BCUT2D eigenvalue weighted by Gasteiger charge is 2.44. The number of benzene rings is 1. The van der Waals surface area contributed by atoms with Crippen molar-refractivity contribution in [3.8, 4) is 0 Å². The van der Waals surface area contributed by atoms with Crippen LogP contribution in [0.15, 0.2) is 30.3 Å². The summed E-state index contributed by atoms with van der Waals surface area (Å²) in [5.74, 6) is -0.953. The number of hydrogen-bond acceptors (Lipinski definition) is 2. The van der Waals surface area contributed by atoms with Gasteiger partial charge in [-0.05, 0) is 33.3 Å². The molecule has 0 aliphatic rings. The molecular weight excluding hydrogens is 256 g/mol. The Hall–Kier alpha value is -2.04. The molecule has 3 N–H and O–H groups in total. The van der Waals surface area contributed by atoms with Crippen LogP contribution in [-0.4, -0.2) is 22.6 Å². The van der Waals surface area contributed by atoms with E-state index in [4.69, 9.17) is 0 Å². The number of amides is 2. The van der Waals surface area contributed by atoms with E-state index < -0.39 is 16.9 Å². The first-order valence-electron chi connectivity index (χ1n) is 6.50. The van der Waals surface area contributed by atoms with Gasteiger partial charge in [-0.25, -0.2) is 4.79 Å². The van der Waals surface area contributed by atoms with Gasteiger partial charge in [-0.2, -0.15) is 0 Å². The molecule has 0 fully saturated rings. The first-order chi connectivity index (χ1) is 9.17. The Balaban J connectivity index is 2.60. The van der Waals surface area contributed by atoms with Crippen LogP contribution in [0.1, 0.15) is 33.3 Å². The van der Waals surface area contributed by atoms with Crippen molar-refractivity contribution in [2.75, 3.05) is 0 Å². The Morgan fingerprint density at radius 1 is 1.10 bits per heavy atom. The van der Waals surface area contributed by atoms with Gasteiger partial charge in [0, 0.05) is 6.54 Å². The van der Waals surface area contributed by atoms with E-state index in [0.717, 1.165) is 5.56 Å². The third-order valence-corrected chi connectivity index (χ3v) is 3.82. The van der Waals surface area contributed by atoms with Crippen LogP contribution in [0.5, 0.6) is 0 Å². The molecule has 0 atom stereocenters. The maximum atomic E-state index is 11.9. The van der Waals surface area contributed by atoms with Gasteiger partial charge >= 0.3 is 12.0 Å². The van der Waals surface area contributed by atoms with Crippen LogP contribution >= 0.6 is 0 Å². The van der Waals surface area contributed by atoms with Crippen LogP contribution in [0, 0.1) is 5.41 Å². The zero-order valence-electron chi connectivity index (χ0n) is 12.4. The van der Waals surface area contributed by atoms with Gasteiger partial charge in [0.05, 0.1) is 11.0 Å². The molecule has 20 heavy (non-hydrogen) atoms. The van der Waals surface area contributed by atoms with Gasteiger partial charge < -0.3 is 15.7 Å². The average Bonchev–Trinajstić information content (AvgIpc) is 2.36. The highest BCUT2D eigenvalue weighted by Crippen LogP contribution is 2.30. The van der Waals surface area contributed by atoms with Crippen LogP contribution in [0.2, 0.25) is 0 Å². The van der Waals surface area contributed by atoms with E-state index in [1.807, 2.05) is 30.3 Å². The van der Waals surface area contributed by atoms with Crippen molar-refractivity contribution in [1.82, 2.24) is 10.6 Å². The fourth-order valence-corrected chi connectivity index (χ4v) is 1.53. The number of carboxylic acids is 1.